The highest BCUT2D eigenvalue weighted by atomic mass is 35.6. The van der Waals surface area contributed by atoms with Crippen molar-refractivity contribution in [1.29, 1.82) is 0 Å². The van der Waals surface area contributed by atoms with Crippen molar-refractivity contribution in [2.75, 3.05) is 13.7 Å². The normalized spacial score (nSPS) is 6.55. The summed E-state index contributed by atoms with van der Waals surface area (Å²) in [5.41, 5.74) is 0. The Morgan fingerprint density at radius 2 is 1.27 bits per heavy atom. The Balaban J connectivity index is -0.0000000339. The van der Waals surface area contributed by atoms with Crippen LogP contribution in [0.4, 0.5) is 0 Å². The van der Waals surface area contributed by atoms with E-state index in [1.165, 1.54) is 0 Å². The molecule has 0 aliphatic carbocycles. The van der Waals surface area contributed by atoms with E-state index in [1.807, 2.05) is 6.92 Å². The van der Waals surface area contributed by atoms with Crippen LogP contribution in [0.15, 0.2) is 0 Å². The Kier molecular flexibility index (Phi) is 63.5. The van der Waals surface area contributed by atoms with Gasteiger partial charge in [0, 0.05) is 13.7 Å². The summed E-state index contributed by atoms with van der Waals surface area (Å²) in [7, 11) is 1.00. The third kappa shape index (κ3) is 269. The number of aliphatic hydroxyl groups is 2. The first-order valence-electron chi connectivity index (χ1n) is 2.63. The van der Waals surface area contributed by atoms with Crippen molar-refractivity contribution in [3.05, 3.63) is 0 Å². The van der Waals surface area contributed by atoms with Gasteiger partial charge in [-0.2, -0.15) is 0 Å². The predicted molar refractivity (Wildman–Crippen MR) is 50.5 cm³/mol. The molecule has 4 N–H and O–H groups in total. The van der Waals surface area contributed by atoms with Crippen LogP contribution in [-0.2, 0) is 0 Å². The molecule has 0 spiro atoms. The van der Waals surface area contributed by atoms with Crippen LogP contribution in [-0.4, -0.2) is 33.7 Å². The molecular weight excluding hydrogens is 214 g/mol. The first kappa shape index (κ1) is 22.6. The topological polar surface area (TPSA) is 72.0 Å². The molecule has 0 aromatic heterocycles. The Hall–Kier alpha value is 0.750. The minimum Gasteiger partial charge on any atom is -0.412 e. The molecule has 0 heterocycles. The van der Waals surface area contributed by atoms with Crippen LogP contribution in [0.1, 0.15) is 13.3 Å². The lowest BCUT2D eigenvalue weighted by atomic mass is 10.5. The summed E-state index contributed by atoms with van der Waals surface area (Å²) in [4.78, 5) is 0. The summed E-state index contributed by atoms with van der Waals surface area (Å²) in [6.45, 7) is 2.25. The average Bonchev–Trinajstić information content (AvgIpc) is 1.91. The Bertz CT molecular complexity index is 33.4. The van der Waals surface area contributed by atoms with Crippen molar-refractivity contribution >= 4 is 34.8 Å². The van der Waals surface area contributed by atoms with Gasteiger partial charge in [0.1, 0.15) is 0 Å². The van der Waals surface area contributed by atoms with Gasteiger partial charge < -0.3 is 15.7 Å². The molecule has 0 aromatic carbocycles. The fourth-order valence-corrected chi connectivity index (χ4v) is 0. The summed E-state index contributed by atoms with van der Waals surface area (Å²) >= 11 is 14.4. The largest absolute Gasteiger partial charge is 0.412 e. The van der Waals surface area contributed by atoms with Gasteiger partial charge in [0.15, 0.2) is 4.30 Å². The van der Waals surface area contributed by atoms with Gasteiger partial charge in [0.05, 0.1) is 0 Å². The summed E-state index contributed by atoms with van der Waals surface area (Å²) in [6, 6.07) is 0. The lowest BCUT2D eigenvalue weighted by Gasteiger charge is -1.69. The van der Waals surface area contributed by atoms with Gasteiger partial charge in [0.2, 0.25) is 0 Å². The van der Waals surface area contributed by atoms with Gasteiger partial charge in [-0.15, -0.1) is 0 Å². The Morgan fingerprint density at radius 3 is 1.27 bits per heavy atom. The van der Waals surface area contributed by atoms with E-state index in [9.17, 15) is 0 Å². The minimum absolute atomic E-state index is 0. The molecule has 3 nitrogen and oxygen atoms in total. The molecule has 0 atom stereocenters. The summed E-state index contributed by atoms with van der Waals surface area (Å²) < 4.78 is -0.750. The molecule has 0 rings (SSSR count). The van der Waals surface area contributed by atoms with E-state index >= 15 is 0 Å². The second kappa shape index (κ2) is 30.9. The van der Waals surface area contributed by atoms with Crippen molar-refractivity contribution in [3.63, 3.8) is 0 Å². The second-order valence-electron chi connectivity index (χ2n) is 0.971. The first-order valence-corrected chi connectivity index (χ1v) is 3.93. The van der Waals surface area contributed by atoms with Gasteiger partial charge in [-0.1, -0.05) is 41.7 Å². The van der Waals surface area contributed by atoms with Crippen LogP contribution in [0, 0.1) is 0 Å². The highest BCUT2D eigenvalue weighted by Crippen LogP contribution is 2.03. The van der Waals surface area contributed by atoms with Crippen molar-refractivity contribution in [2.45, 2.75) is 17.6 Å². The zero-order valence-electron chi connectivity index (χ0n) is 6.52. The van der Waals surface area contributed by atoms with Crippen molar-refractivity contribution in [3.8, 4) is 0 Å². The van der Waals surface area contributed by atoms with E-state index in [1.54, 1.807) is 0 Å². The molecule has 0 fully saturated rings. The average molecular weight is 230 g/mol. The number of hydrogen-bond donors (Lipinski definition) is 2. The van der Waals surface area contributed by atoms with E-state index in [0.717, 1.165) is 13.5 Å². The van der Waals surface area contributed by atoms with Gasteiger partial charge in [-0.3, -0.25) is 0 Å². The van der Waals surface area contributed by atoms with Gasteiger partial charge in [-0.25, -0.2) is 0 Å². The number of alkyl halides is 3. The molecule has 0 radical (unpaired) electrons. The lowest BCUT2D eigenvalue weighted by Crippen LogP contribution is -1.69. The number of halogens is 3. The standard InChI is InChI=1S/C3H8O.CHCl3.CH4O.H2O/c1-2-3-4;2-1(3)4;1-2;/h4H,2-3H2,1H3;1H;2H,1H3;1H2. The molecule has 74 valence electrons. The van der Waals surface area contributed by atoms with Crippen molar-refractivity contribution < 1.29 is 15.7 Å². The summed E-state index contributed by atoms with van der Waals surface area (Å²) in [5.74, 6) is 0. The van der Waals surface area contributed by atoms with Crippen molar-refractivity contribution in [2.24, 2.45) is 0 Å². The summed E-state index contributed by atoms with van der Waals surface area (Å²) in [5, 5.41) is 14.9. The number of rotatable bonds is 1. The Labute approximate surface area is 82.2 Å². The zero-order valence-corrected chi connectivity index (χ0v) is 8.79. The second-order valence-corrected chi connectivity index (χ2v) is 2.95. The van der Waals surface area contributed by atoms with Gasteiger partial charge in [-0.05, 0) is 6.42 Å². The third-order valence-corrected chi connectivity index (χ3v) is 0.224. The number of aliphatic hydroxyl groups excluding tert-OH is 2. The molecule has 11 heavy (non-hydrogen) atoms. The van der Waals surface area contributed by atoms with Gasteiger partial charge in [0.25, 0.3) is 0 Å². The molecule has 0 aliphatic rings. The SMILES string of the molecule is CCCO.CO.ClC(Cl)Cl.O. The van der Waals surface area contributed by atoms with E-state index in [-0.39, 0.29) is 5.48 Å². The molecule has 0 bridgehead atoms. The molecule has 0 saturated heterocycles. The van der Waals surface area contributed by atoms with Crippen LogP contribution >= 0.6 is 34.8 Å². The van der Waals surface area contributed by atoms with Crippen LogP contribution < -0.4 is 0 Å². The van der Waals surface area contributed by atoms with Crippen LogP contribution in [0.2, 0.25) is 0 Å². The molecule has 0 aliphatic heterocycles. The molecule has 6 heteroatoms. The fourth-order valence-electron chi connectivity index (χ4n) is 0. The van der Waals surface area contributed by atoms with E-state index in [2.05, 4.69) is 0 Å². The monoisotopic (exact) mass is 228 g/mol. The maximum absolute atomic E-state index is 7.88. The van der Waals surface area contributed by atoms with Crippen LogP contribution in [0.3, 0.4) is 0 Å². The van der Waals surface area contributed by atoms with Crippen molar-refractivity contribution in [1.82, 2.24) is 0 Å². The maximum atomic E-state index is 7.88. The smallest absolute Gasteiger partial charge is 0.180 e. The molecule has 0 amide bonds. The lowest BCUT2D eigenvalue weighted by molar-refractivity contribution is 0.295. The van der Waals surface area contributed by atoms with E-state index < -0.39 is 4.30 Å². The minimum atomic E-state index is -0.750. The van der Waals surface area contributed by atoms with Crippen LogP contribution in [0.5, 0.6) is 0 Å². The molecule has 0 aromatic rings. The third-order valence-electron chi connectivity index (χ3n) is 0.224. The number of hydrogen-bond acceptors (Lipinski definition) is 2. The fraction of sp³-hybridized carbons (Fsp3) is 1.00. The van der Waals surface area contributed by atoms with E-state index in [0.29, 0.717) is 6.61 Å². The first-order chi connectivity index (χ1) is 4.65. The van der Waals surface area contributed by atoms with E-state index in [4.69, 9.17) is 45.0 Å². The zero-order chi connectivity index (χ0) is 8.99. The molecule has 0 unspecified atom stereocenters. The molecule has 0 saturated carbocycles. The highest BCUT2D eigenvalue weighted by Gasteiger charge is 1.78. The Morgan fingerprint density at radius 1 is 1.18 bits per heavy atom. The predicted octanol–water partition coefficient (Wildman–Crippen LogP) is 1.16. The van der Waals surface area contributed by atoms with Crippen LogP contribution in [0.25, 0.3) is 0 Å². The maximum Gasteiger partial charge on any atom is 0.180 e. The quantitative estimate of drug-likeness (QED) is 0.662. The molecular formula is C5H15Cl3O3. The van der Waals surface area contributed by atoms with Gasteiger partial charge >= 0.3 is 0 Å². The summed E-state index contributed by atoms with van der Waals surface area (Å²) in [6.07, 6.45) is 0.875. The highest BCUT2D eigenvalue weighted by molar-refractivity contribution is 6.63.